The maximum atomic E-state index is 13.7. The number of piperazine rings is 1. The number of sulfonamides is 1. The summed E-state index contributed by atoms with van der Waals surface area (Å²) in [5.74, 6) is -0.257. The van der Waals surface area contributed by atoms with Crippen LogP contribution in [-0.2, 0) is 16.6 Å². The lowest BCUT2D eigenvalue weighted by Crippen LogP contribution is -2.49. The van der Waals surface area contributed by atoms with Crippen LogP contribution in [0.2, 0.25) is 5.02 Å². The van der Waals surface area contributed by atoms with Gasteiger partial charge in [0.2, 0.25) is 5.03 Å². The minimum Gasteiger partial charge on any atom is -0.369 e. The molecule has 1 aromatic heterocycles. The van der Waals surface area contributed by atoms with E-state index in [9.17, 15) is 13.2 Å². The molecule has 4 rings (SSSR count). The van der Waals surface area contributed by atoms with E-state index in [1.165, 1.54) is 10.7 Å². The number of aryl methyl sites for hydroxylation is 1. The van der Waals surface area contributed by atoms with Crippen LogP contribution in [0.15, 0.2) is 35.5 Å². The van der Waals surface area contributed by atoms with Gasteiger partial charge in [0, 0.05) is 62.7 Å². The summed E-state index contributed by atoms with van der Waals surface area (Å²) in [6.45, 7) is 4.34. The molecule has 1 aliphatic heterocycles. The molecule has 2 fully saturated rings. The van der Waals surface area contributed by atoms with Crippen LogP contribution < -0.4 is 4.90 Å². The van der Waals surface area contributed by atoms with E-state index in [1.54, 1.807) is 22.8 Å². The third-order valence-corrected chi connectivity index (χ3v) is 8.96. The van der Waals surface area contributed by atoms with Crippen molar-refractivity contribution in [2.45, 2.75) is 63.1 Å². The first-order valence-corrected chi connectivity index (χ1v) is 14.0. The molecule has 34 heavy (non-hydrogen) atoms. The van der Waals surface area contributed by atoms with Crippen molar-refractivity contribution in [3.8, 4) is 0 Å². The van der Waals surface area contributed by atoms with Crippen molar-refractivity contribution in [3.05, 3.63) is 41.0 Å². The summed E-state index contributed by atoms with van der Waals surface area (Å²) < 4.78 is 30.4. The van der Waals surface area contributed by atoms with Crippen LogP contribution >= 0.6 is 11.6 Å². The van der Waals surface area contributed by atoms with Crippen LogP contribution in [-0.4, -0.2) is 72.6 Å². The second-order valence-electron chi connectivity index (χ2n) is 9.19. The Morgan fingerprint density at radius 2 is 1.74 bits per heavy atom. The zero-order chi connectivity index (χ0) is 24.3. The molecule has 1 saturated heterocycles. The molecule has 0 unspecified atom stereocenters. The molecule has 0 bridgehead atoms. The predicted octanol–water partition coefficient (Wildman–Crippen LogP) is 3.86. The smallest absolute Gasteiger partial charge is 0.263 e. The number of halogens is 1. The Bertz CT molecular complexity index is 1090. The Kier molecular flexibility index (Phi) is 7.84. The van der Waals surface area contributed by atoms with Gasteiger partial charge in [-0.3, -0.25) is 9.48 Å². The quantitative estimate of drug-likeness (QED) is 0.568. The molecule has 186 valence electrons. The number of benzene rings is 1. The molecule has 0 spiro atoms. The lowest BCUT2D eigenvalue weighted by Gasteiger charge is -2.35. The summed E-state index contributed by atoms with van der Waals surface area (Å²) in [6, 6.07) is 7.70. The van der Waals surface area contributed by atoms with Gasteiger partial charge < -0.3 is 9.80 Å². The minimum absolute atomic E-state index is 0.117. The zero-order valence-corrected chi connectivity index (χ0v) is 21.6. The van der Waals surface area contributed by atoms with E-state index >= 15 is 0 Å². The average Bonchev–Trinajstić information content (AvgIpc) is 3.29. The lowest BCUT2D eigenvalue weighted by molar-refractivity contribution is 0.0692. The molecular weight excluding hydrogens is 474 g/mol. The van der Waals surface area contributed by atoms with Crippen molar-refractivity contribution in [1.82, 2.24) is 19.0 Å². The zero-order valence-electron chi connectivity index (χ0n) is 20.0. The van der Waals surface area contributed by atoms with Gasteiger partial charge in [-0.1, -0.05) is 37.8 Å². The third kappa shape index (κ3) is 5.26. The van der Waals surface area contributed by atoms with E-state index in [4.69, 9.17) is 11.6 Å². The molecule has 1 amide bonds. The Hall–Kier alpha value is -2.10. The maximum Gasteiger partial charge on any atom is 0.263 e. The van der Waals surface area contributed by atoms with E-state index in [1.807, 2.05) is 31.2 Å². The van der Waals surface area contributed by atoms with Crippen LogP contribution in [0, 0.1) is 0 Å². The summed E-state index contributed by atoms with van der Waals surface area (Å²) in [4.78, 5) is 17.3. The van der Waals surface area contributed by atoms with Crippen molar-refractivity contribution < 1.29 is 13.2 Å². The molecule has 2 aromatic rings. The van der Waals surface area contributed by atoms with Crippen molar-refractivity contribution in [2.24, 2.45) is 0 Å². The van der Waals surface area contributed by atoms with E-state index in [0.29, 0.717) is 37.7 Å². The monoisotopic (exact) mass is 507 g/mol. The number of aromatic nitrogens is 2. The molecule has 1 aliphatic carbocycles. The van der Waals surface area contributed by atoms with Gasteiger partial charge in [-0.25, -0.2) is 8.42 Å². The standard InChI is InChI=1S/C24H34ClN5O3S/c1-3-13-29-18-22(24(31)27(2)20-7-5-4-6-8-20)23(26-29)34(32,33)30-16-14-28(15-17-30)21-11-9-19(25)10-12-21/h9-12,18,20H,3-8,13-17H2,1-2H3. The molecule has 2 heterocycles. The number of carbonyl (C=O) groups excluding carboxylic acids is 1. The van der Waals surface area contributed by atoms with E-state index < -0.39 is 10.0 Å². The van der Waals surface area contributed by atoms with Crippen LogP contribution in [0.3, 0.4) is 0 Å². The minimum atomic E-state index is -3.91. The summed E-state index contributed by atoms with van der Waals surface area (Å²) in [5.41, 5.74) is 1.19. The Balaban J connectivity index is 1.55. The number of nitrogens with zero attached hydrogens (tertiary/aromatic N) is 5. The number of hydrogen-bond acceptors (Lipinski definition) is 5. The largest absolute Gasteiger partial charge is 0.369 e. The van der Waals surface area contributed by atoms with Crippen molar-refractivity contribution in [1.29, 1.82) is 0 Å². The summed E-state index contributed by atoms with van der Waals surface area (Å²) in [6.07, 6.45) is 7.71. The highest BCUT2D eigenvalue weighted by molar-refractivity contribution is 7.89. The molecule has 8 nitrogen and oxygen atoms in total. The third-order valence-electron chi connectivity index (χ3n) is 6.87. The number of anilines is 1. The molecule has 1 aromatic carbocycles. The van der Waals surface area contributed by atoms with Gasteiger partial charge in [-0.05, 0) is 43.5 Å². The molecule has 0 N–H and O–H groups in total. The second-order valence-corrected chi connectivity index (χ2v) is 11.5. The van der Waals surface area contributed by atoms with E-state index in [2.05, 4.69) is 10.00 Å². The first-order chi connectivity index (χ1) is 16.3. The van der Waals surface area contributed by atoms with Crippen molar-refractivity contribution in [2.75, 3.05) is 38.1 Å². The number of hydrogen-bond donors (Lipinski definition) is 0. The molecule has 10 heteroatoms. The second kappa shape index (κ2) is 10.7. The fraction of sp³-hybridized carbons (Fsp3) is 0.583. The lowest BCUT2D eigenvalue weighted by atomic mass is 9.94. The van der Waals surface area contributed by atoms with Gasteiger partial charge in [0.15, 0.2) is 0 Å². The Morgan fingerprint density at radius 3 is 2.35 bits per heavy atom. The van der Waals surface area contributed by atoms with Crippen molar-refractivity contribution in [3.63, 3.8) is 0 Å². The highest BCUT2D eigenvalue weighted by atomic mass is 35.5. The highest BCUT2D eigenvalue weighted by Gasteiger charge is 2.36. The van der Waals surface area contributed by atoms with Gasteiger partial charge in [-0.2, -0.15) is 9.40 Å². The summed E-state index contributed by atoms with van der Waals surface area (Å²) in [5, 5.41) is 4.95. The van der Waals surface area contributed by atoms with Gasteiger partial charge in [0.1, 0.15) is 0 Å². The van der Waals surface area contributed by atoms with Gasteiger partial charge in [0.25, 0.3) is 15.9 Å². The summed E-state index contributed by atoms with van der Waals surface area (Å²) in [7, 11) is -2.12. The van der Waals surface area contributed by atoms with Crippen molar-refractivity contribution >= 4 is 33.2 Å². The highest BCUT2D eigenvalue weighted by Crippen LogP contribution is 2.27. The number of rotatable bonds is 7. The predicted molar refractivity (Wildman–Crippen MR) is 134 cm³/mol. The first kappa shape index (κ1) is 25.0. The molecule has 1 saturated carbocycles. The van der Waals surface area contributed by atoms with Crippen LogP contribution in [0.4, 0.5) is 5.69 Å². The van der Waals surface area contributed by atoms with E-state index in [0.717, 1.165) is 37.8 Å². The normalized spacial score (nSPS) is 18.3. The molecular formula is C24H34ClN5O3S. The molecule has 2 aliphatic rings. The summed E-state index contributed by atoms with van der Waals surface area (Å²) >= 11 is 5.99. The fourth-order valence-electron chi connectivity index (χ4n) is 4.87. The van der Waals surface area contributed by atoms with Crippen LogP contribution in [0.1, 0.15) is 55.8 Å². The Morgan fingerprint density at radius 1 is 1.09 bits per heavy atom. The van der Waals surface area contributed by atoms with Crippen LogP contribution in [0.5, 0.6) is 0 Å². The van der Waals surface area contributed by atoms with Gasteiger partial charge in [-0.15, -0.1) is 0 Å². The molecule has 0 atom stereocenters. The Labute approximate surface area is 207 Å². The average molecular weight is 508 g/mol. The maximum absolute atomic E-state index is 13.7. The van der Waals surface area contributed by atoms with Gasteiger partial charge in [0.05, 0.1) is 5.56 Å². The molecule has 0 radical (unpaired) electrons. The van der Waals surface area contributed by atoms with Gasteiger partial charge >= 0.3 is 0 Å². The first-order valence-electron chi connectivity index (χ1n) is 12.2. The fourth-order valence-corrected chi connectivity index (χ4v) is 6.51. The number of amides is 1. The van der Waals surface area contributed by atoms with E-state index in [-0.39, 0.29) is 22.5 Å². The number of carbonyl (C=O) groups is 1. The van der Waals surface area contributed by atoms with Crippen LogP contribution in [0.25, 0.3) is 0 Å². The SMILES string of the molecule is CCCn1cc(C(=O)N(C)C2CCCCC2)c(S(=O)(=O)N2CCN(c3ccc(Cl)cc3)CC2)n1. The topological polar surface area (TPSA) is 78.8 Å².